The third kappa shape index (κ3) is 10.6. The average molecular weight is 256 g/mol. The van der Waals surface area contributed by atoms with Crippen molar-refractivity contribution in [2.24, 2.45) is 0 Å². The van der Waals surface area contributed by atoms with Crippen LogP contribution in [0, 0.1) is 0 Å². The number of unbranched alkanes of at least 4 members (excludes halogenated alkanes) is 5. The summed E-state index contributed by atoms with van der Waals surface area (Å²) in [7, 11) is 0. The molecule has 108 valence electrons. The molecule has 0 spiro atoms. The van der Waals surface area contributed by atoms with E-state index in [1.54, 1.807) is 0 Å². The quantitative estimate of drug-likeness (QED) is 0.557. The molecule has 0 aliphatic rings. The molecule has 0 aromatic carbocycles. The normalized spacial score (nSPS) is 11.6. The minimum Gasteiger partial charge on any atom is -0.350 e. The zero-order chi connectivity index (χ0) is 13.9. The average Bonchev–Trinajstić information content (AvgIpc) is 2.32. The molecule has 0 heterocycles. The van der Waals surface area contributed by atoms with Crippen molar-refractivity contribution in [2.75, 3.05) is 13.1 Å². The van der Waals surface area contributed by atoms with Crippen molar-refractivity contribution in [3.63, 3.8) is 0 Å². The minimum atomic E-state index is -0.0844. The van der Waals surface area contributed by atoms with Crippen LogP contribution < -0.4 is 10.6 Å². The molecule has 18 heavy (non-hydrogen) atoms. The molecule has 1 amide bonds. The van der Waals surface area contributed by atoms with Crippen LogP contribution in [0.25, 0.3) is 0 Å². The van der Waals surface area contributed by atoms with Gasteiger partial charge in [-0.15, -0.1) is 0 Å². The van der Waals surface area contributed by atoms with E-state index in [0.29, 0.717) is 6.54 Å². The van der Waals surface area contributed by atoms with Crippen molar-refractivity contribution in [3.05, 3.63) is 0 Å². The summed E-state index contributed by atoms with van der Waals surface area (Å²) in [6.07, 6.45) is 8.72. The highest BCUT2D eigenvalue weighted by atomic mass is 16.2. The van der Waals surface area contributed by atoms with Crippen LogP contribution >= 0.6 is 0 Å². The van der Waals surface area contributed by atoms with E-state index in [9.17, 15) is 4.79 Å². The summed E-state index contributed by atoms with van der Waals surface area (Å²) in [6, 6.07) is 0. The van der Waals surface area contributed by atoms with Crippen molar-refractivity contribution >= 4 is 5.91 Å². The van der Waals surface area contributed by atoms with Gasteiger partial charge in [-0.05, 0) is 33.2 Å². The lowest BCUT2D eigenvalue weighted by Gasteiger charge is -2.24. The summed E-state index contributed by atoms with van der Waals surface area (Å²) < 4.78 is 0. The van der Waals surface area contributed by atoms with E-state index in [1.807, 2.05) is 0 Å². The molecule has 0 aliphatic carbocycles. The molecule has 0 bridgehead atoms. The standard InChI is InChI=1S/C15H32N2O/c1-5-7-8-9-10-11-12-16-13-14(18)17-15(3,4)6-2/h16H,5-13H2,1-4H3,(H,17,18). The molecule has 0 saturated heterocycles. The van der Waals surface area contributed by atoms with Gasteiger partial charge in [0.2, 0.25) is 5.91 Å². The number of rotatable bonds is 11. The molecule has 0 aliphatic heterocycles. The molecular weight excluding hydrogens is 224 g/mol. The van der Waals surface area contributed by atoms with E-state index in [-0.39, 0.29) is 11.4 Å². The fourth-order valence-electron chi connectivity index (χ4n) is 1.74. The Hall–Kier alpha value is -0.570. The van der Waals surface area contributed by atoms with Crippen LogP contribution in [0.3, 0.4) is 0 Å². The molecule has 0 aromatic rings. The summed E-state index contributed by atoms with van der Waals surface area (Å²) in [5, 5.41) is 6.23. The molecule has 3 heteroatoms. The SMILES string of the molecule is CCCCCCCCNCC(=O)NC(C)(C)CC. The topological polar surface area (TPSA) is 41.1 Å². The molecule has 0 atom stereocenters. The van der Waals surface area contributed by atoms with Crippen molar-refractivity contribution in [1.29, 1.82) is 0 Å². The summed E-state index contributed by atoms with van der Waals surface area (Å²) in [5.74, 6) is 0.104. The molecule has 0 saturated carbocycles. The van der Waals surface area contributed by atoms with Crippen LogP contribution in [-0.4, -0.2) is 24.5 Å². The Labute approximate surface area is 113 Å². The van der Waals surface area contributed by atoms with Crippen LogP contribution in [0.5, 0.6) is 0 Å². The second-order valence-electron chi connectivity index (χ2n) is 5.73. The highest BCUT2D eigenvalue weighted by Gasteiger charge is 2.16. The molecular formula is C15H32N2O. The van der Waals surface area contributed by atoms with Gasteiger partial charge in [0, 0.05) is 5.54 Å². The molecule has 0 rings (SSSR count). The highest BCUT2D eigenvalue weighted by molar-refractivity contribution is 5.78. The lowest BCUT2D eigenvalue weighted by Crippen LogP contribution is -2.46. The van der Waals surface area contributed by atoms with Crippen molar-refractivity contribution < 1.29 is 4.79 Å². The number of carbonyl (C=O) groups is 1. The first-order valence-electron chi connectivity index (χ1n) is 7.53. The zero-order valence-corrected chi connectivity index (χ0v) is 12.8. The third-order valence-corrected chi connectivity index (χ3v) is 3.35. The first-order chi connectivity index (χ1) is 8.52. The summed E-state index contributed by atoms with van der Waals surface area (Å²) in [4.78, 5) is 11.6. The molecule has 0 fully saturated rings. The van der Waals surface area contributed by atoms with E-state index >= 15 is 0 Å². The van der Waals surface area contributed by atoms with Gasteiger partial charge in [0.25, 0.3) is 0 Å². The molecule has 0 radical (unpaired) electrons. The predicted octanol–water partition coefficient (Wildman–Crippen LogP) is 3.24. The second kappa shape index (κ2) is 10.4. The van der Waals surface area contributed by atoms with Gasteiger partial charge in [0.05, 0.1) is 6.54 Å². The maximum atomic E-state index is 11.6. The van der Waals surface area contributed by atoms with Gasteiger partial charge in [0.15, 0.2) is 0 Å². The number of nitrogens with one attached hydrogen (secondary N) is 2. The van der Waals surface area contributed by atoms with Crippen LogP contribution in [0.2, 0.25) is 0 Å². The largest absolute Gasteiger partial charge is 0.350 e. The Morgan fingerprint density at radius 1 is 1.00 bits per heavy atom. The number of amides is 1. The van der Waals surface area contributed by atoms with E-state index < -0.39 is 0 Å². The third-order valence-electron chi connectivity index (χ3n) is 3.35. The van der Waals surface area contributed by atoms with Crippen LogP contribution in [0.1, 0.15) is 72.6 Å². The monoisotopic (exact) mass is 256 g/mol. The Kier molecular flexibility index (Phi) is 10.0. The number of carbonyl (C=O) groups excluding carboxylic acids is 1. The van der Waals surface area contributed by atoms with E-state index in [0.717, 1.165) is 13.0 Å². The van der Waals surface area contributed by atoms with Crippen LogP contribution in [-0.2, 0) is 4.79 Å². The predicted molar refractivity (Wildman–Crippen MR) is 78.8 cm³/mol. The maximum Gasteiger partial charge on any atom is 0.234 e. The Balaban J connectivity index is 3.36. The summed E-state index contributed by atoms with van der Waals surface area (Å²) in [6.45, 7) is 9.82. The van der Waals surface area contributed by atoms with Gasteiger partial charge < -0.3 is 10.6 Å². The van der Waals surface area contributed by atoms with Gasteiger partial charge in [-0.2, -0.15) is 0 Å². The molecule has 3 nitrogen and oxygen atoms in total. The van der Waals surface area contributed by atoms with Gasteiger partial charge in [-0.25, -0.2) is 0 Å². The fraction of sp³-hybridized carbons (Fsp3) is 0.933. The number of hydrogen-bond acceptors (Lipinski definition) is 2. The molecule has 2 N–H and O–H groups in total. The van der Waals surface area contributed by atoms with E-state index in [4.69, 9.17) is 0 Å². The first-order valence-corrected chi connectivity index (χ1v) is 7.53. The van der Waals surface area contributed by atoms with Crippen LogP contribution in [0.4, 0.5) is 0 Å². The van der Waals surface area contributed by atoms with Gasteiger partial charge in [-0.3, -0.25) is 4.79 Å². The first kappa shape index (κ1) is 17.4. The maximum absolute atomic E-state index is 11.6. The smallest absolute Gasteiger partial charge is 0.234 e. The van der Waals surface area contributed by atoms with Gasteiger partial charge in [-0.1, -0.05) is 46.0 Å². The van der Waals surface area contributed by atoms with Crippen molar-refractivity contribution in [1.82, 2.24) is 10.6 Å². The summed E-state index contributed by atoms with van der Waals surface area (Å²) in [5.41, 5.74) is -0.0844. The van der Waals surface area contributed by atoms with Crippen LogP contribution in [0.15, 0.2) is 0 Å². The fourth-order valence-corrected chi connectivity index (χ4v) is 1.74. The van der Waals surface area contributed by atoms with Gasteiger partial charge in [0.1, 0.15) is 0 Å². The van der Waals surface area contributed by atoms with Crippen molar-refractivity contribution in [2.45, 2.75) is 78.2 Å². The molecule has 0 aromatic heterocycles. The lowest BCUT2D eigenvalue weighted by molar-refractivity contribution is -0.121. The zero-order valence-electron chi connectivity index (χ0n) is 12.8. The number of hydrogen-bond donors (Lipinski definition) is 2. The van der Waals surface area contributed by atoms with Gasteiger partial charge >= 0.3 is 0 Å². The van der Waals surface area contributed by atoms with Crippen molar-refractivity contribution in [3.8, 4) is 0 Å². The molecule has 0 unspecified atom stereocenters. The Morgan fingerprint density at radius 3 is 2.22 bits per heavy atom. The van der Waals surface area contributed by atoms with E-state index in [2.05, 4.69) is 38.3 Å². The Morgan fingerprint density at radius 2 is 1.61 bits per heavy atom. The minimum absolute atomic E-state index is 0.0844. The summed E-state index contributed by atoms with van der Waals surface area (Å²) >= 11 is 0. The Bertz CT molecular complexity index is 215. The lowest BCUT2D eigenvalue weighted by atomic mass is 10.0. The second-order valence-corrected chi connectivity index (χ2v) is 5.73. The highest BCUT2D eigenvalue weighted by Crippen LogP contribution is 2.06. The van der Waals surface area contributed by atoms with E-state index in [1.165, 1.54) is 38.5 Å².